The molecule has 2 saturated heterocycles. The van der Waals surface area contributed by atoms with E-state index in [-0.39, 0.29) is 11.9 Å². The summed E-state index contributed by atoms with van der Waals surface area (Å²) in [5.41, 5.74) is 4.31. The van der Waals surface area contributed by atoms with Gasteiger partial charge in [0.25, 0.3) is 0 Å². The highest BCUT2D eigenvalue weighted by Crippen LogP contribution is 2.34. The predicted octanol–water partition coefficient (Wildman–Crippen LogP) is 3.53. The highest BCUT2D eigenvalue weighted by atomic mass is 16.3. The van der Waals surface area contributed by atoms with Gasteiger partial charge in [-0.15, -0.1) is 0 Å². The lowest BCUT2D eigenvalue weighted by atomic mass is 9.82. The molecule has 0 unspecified atom stereocenters. The van der Waals surface area contributed by atoms with Gasteiger partial charge in [-0.3, -0.25) is 9.69 Å². The molecule has 2 bridgehead atoms. The van der Waals surface area contributed by atoms with Crippen molar-refractivity contribution in [2.45, 2.75) is 64.1 Å². The van der Waals surface area contributed by atoms with Crippen LogP contribution < -0.4 is 0 Å². The lowest BCUT2D eigenvalue weighted by molar-refractivity contribution is -0.0225. The van der Waals surface area contributed by atoms with E-state index in [2.05, 4.69) is 15.5 Å². The number of nitriles is 1. The SMILES string of the molecule is Cc1cc(C(=O)CN2[C@@H]3CCC[C@H]2C[C@@H](O)C3)c(C)n1-c1ccc(C#N)cc1. The molecular formula is C23H27N3O2. The van der Waals surface area contributed by atoms with Crippen LogP contribution in [-0.4, -0.2) is 45.1 Å². The average Bonchev–Trinajstić information content (AvgIpc) is 2.97. The number of nitrogens with zero attached hydrogens (tertiary/aromatic N) is 3. The van der Waals surface area contributed by atoms with Crippen LogP contribution in [0.4, 0.5) is 0 Å². The van der Waals surface area contributed by atoms with Crippen LogP contribution in [-0.2, 0) is 0 Å². The molecule has 2 aromatic rings. The second kappa shape index (κ2) is 7.54. The summed E-state index contributed by atoms with van der Waals surface area (Å²) in [6.07, 6.45) is 4.70. The number of aliphatic hydroxyl groups is 1. The molecule has 2 fully saturated rings. The quantitative estimate of drug-likeness (QED) is 0.828. The third kappa shape index (κ3) is 3.39. The van der Waals surface area contributed by atoms with Crippen molar-refractivity contribution >= 4 is 5.78 Å². The Labute approximate surface area is 166 Å². The number of aryl methyl sites for hydroxylation is 1. The van der Waals surface area contributed by atoms with Crippen LogP contribution in [0.3, 0.4) is 0 Å². The van der Waals surface area contributed by atoms with E-state index in [1.165, 1.54) is 6.42 Å². The highest BCUT2D eigenvalue weighted by Gasteiger charge is 2.38. The minimum absolute atomic E-state index is 0.154. The monoisotopic (exact) mass is 377 g/mol. The van der Waals surface area contributed by atoms with Crippen LogP contribution in [0.25, 0.3) is 5.69 Å². The van der Waals surface area contributed by atoms with E-state index in [0.29, 0.717) is 24.2 Å². The summed E-state index contributed by atoms with van der Waals surface area (Å²) in [4.78, 5) is 15.5. The maximum atomic E-state index is 13.2. The molecule has 1 N–H and O–H groups in total. The Balaban J connectivity index is 1.58. The Kier molecular flexibility index (Phi) is 5.09. The van der Waals surface area contributed by atoms with Gasteiger partial charge in [0.1, 0.15) is 0 Å². The van der Waals surface area contributed by atoms with Crippen molar-refractivity contribution in [3.05, 3.63) is 52.8 Å². The lowest BCUT2D eigenvalue weighted by Crippen LogP contribution is -2.54. The number of Topliss-reactive ketones (excluding diaryl/α,β-unsaturated/α-hetero) is 1. The van der Waals surface area contributed by atoms with E-state index in [0.717, 1.165) is 48.3 Å². The first-order chi connectivity index (χ1) is 13.5. The molecule has 146 valence electrons. The highest BCUT2D eigenvalue weighted by molar-refractivity contribution is 5.99. The molecule has 28 heavy (non-hydrogen) atoms. The fourth-order valence-electron chi connectivity index (χ4n) is 5.09. The molecule has 2 aliphatic rings. The summed E-state index contributed by atoms with van der Waals surface area (Å²) < 4.78 is 2.08. The van der Waals surface area contributed by atoms with Crippen molar-refractivity contribution in [1.82, 2.24) is 9.47 Å². The number of piperidine rings is 2. The summed E-state index contributed by atoms with van der Waals surface area (Å²) in [5, 5.41) is 19.1. The van der Waals surface area contributed by atoms with Gasteiger partial charge in [-0.2, -0.15) is 5.26 Å². The number of benzene rings is 1. The number of carbonyl (C=O) groups excluding carboxylic acids is 1. The van der Waals surface area contributed by atoms with Crippen LogP contribution in [0.1, 0.15) is 59.4 Å². The zero-order chi connectivity index (χ0) is 19.8. The fraction of sp³-hybridized carbons (Fsp3) is 0.478. The standard InChI is InChI=1S/C23H27N3O2/c1-15-10-22(16(2)26(15)18-8-6-17(13-24)7-9-18)23(28)14-25-19-4-3-5-20(25)12-21(27)11-19/h6-10,19-21,27H,3-5,11-12,14H2,1-2H3/t19-,20+,21+. The number of aromatic nitrogens is 1. The Bertz CT molecular complexity index is 909. The number of aliphatic hydroxyl groups excluding tert-OH is 1. The van der Waals surface area contributed by atoms with Gasteiger partial charge in [-0.05, 0) is 69.9 Å². The minimum Gasteiger partial charge on any atom is -0.393 e. The van der Waals surface area contributed by atoms with E-state index in [1.54, 1.807) is 12.1 Å². The summed E-state index contributed by atoms with van der Waals surface area (Å²) in [6.45, 7) is 4.42. The van der Waals surface area contributed by atoms with E-state index in [1.807, 2.05) is 32.0 Å². The molecule has 0 radical (unpaired) electrons. The topological polar surface area (TPSA) is 69.3 Å². The summed E-state index contributed by atoms with van der Waals surface area (Å²) in [7, 11) is 0. The number of hydrogen-bond donors (Lipinski definition) is 1. The van der Waals surface area contributed by atoms with Crippen LogP contribution in [0.5, 0.6) is 0 Å². The Morgan fingerprint density at radius 3 is 2.43 bits per heavy atom. The van der Waals surface area contributed by atoms with Gasteiger partial charge < -0.3 is 9.67 Å². The molecule has 3 atom stereocenters. The maximum Gasteiger partial charge on any atom is 0.178 e. The van der Waals surface area contributed by atoms with Gasteiger partial charge in [-0.1, -0.05) is 6.42 Å². The molecule has 1 aromatic heterocycles. The van der Waals surface area contributed by atoms with E-state index >= 15 is 0 Å². The van der Waals surface area contributed by atoms with Gasteiger partial charge in [0.2, 0.25) is 0 Å². The minimum atomic E-state index is -0.219. The van der Waals surface area contributed by atoms with Crippen molar-refractivity contribution in [2.75, 3.05) is 6.54 Å². The predicted molar refractivity (Wildman–Crippen MR) is 108 cm³/mol. The number of hydrogen-bond acceptors (Lipinski definition) is 4. The molecule has 3 heterocycles. The molecule has 5 heteroatoms. The first-order valence-electron chi connectivity index (χ1n) is 10.1. The van der Waals surface area contributed by atoms with Crippen molar-refractivity contribution in [2.24, 2.45) is 0 Å². The molecular weight excluding hydrogens is 350 g/mol. The zero-order valence-electron chi connectivity index (χ0n) is 16.6. The molecule has 0 aliphatic carbocycles. The second-order valence-corrected chi connectivity index (χ2v) is 8.24. The third-order valence-electron chi connectivity index (χ3n) is 6.41. The summed E-state index contributed by atoms with van der Waals surface area (Å²) in [6, 6.07) is 12.2. The van der Waals surface area contributed by atoms with Crippen LogP contribution in [0.15, 0.2) is 30.3 Å². The largest absolute Gasteiger partial charge is 0.393 e. The molecule has 0 spiro atoms. The number of rotatable bonds is 4. The van der Waals surface area contributed by atoms with Crippen molar-refractivity contribution in [3.63, 3.8) is 0 Å². The van der Waals surface area contributed by atoms with Crippen LogP contribution in [0, 0.1) is 25.2 Å². The van der Waals surface area contributed by atoms with Crippen LogP contribution in [0.2, 0.25) is 0 Å². The normalized spacial score (nSPS) is 24.7. The Morgan fingerprint density at radius 2 is 1.82 bits per heavy atom. The Hall–Kier alpha value is -2.42. The number of carbonyl (C=O) groups is 1. The Morgan fingerprint density at radius 1 is 1.18 bits per heavy atom. The molecule has 4 rings (SSSR count). The molecule has 5 nitrogen and oxygen atoms in total. The van der Waals surface area contributed by atoms with E-state index in [4.69, 9.17) is 5.26 Å². The summed E-state index contributed by atoms with van der Waals surface area (Å²) in [5.74, 6) is 0.154. The zero-order valence-corrected chi connectivity index (χ0v) is 16.6. The molecule has 1 aromatic carbocycles. The second-order valence-electron chi connectivity index (χ2n) is 8.24. The third-order valence-corrected chi connectivity index (χ3v) is 6.41. The van der Waals surface area contributed by atoms with Crippen molar-refractivity contribution < 1.29 is 9.90 Å². The lowest BCUT2D eigenvalue weighted by Gasteiger charge is -2.47. The van der Waals surface area contributed by atoms with Gasteiger partial charge in [0, 0.05) is 34.7 Å². The first-order valence-corrected chi connectivity index (χ1v) is 10.1. The molecule has 2 aliphatic heterocycles. The number of fused-ring (bicyclic) bond motifs is 2. The van der Waals surface area contributed by atoms with Crippen molar-refractivity contribution in [1.29, 1.82) is 5.26 Å². The van der Waals surface area contributed by atoms with E-state index < -0.39 is 0 Å². The number of ketones is 1. The van der Waals surface area contributed by atoms with Crippen LogP contribution >= 0.6 is 0 Å². The average molecular weight is 377 g/mol. The first kappa shape index (κ1) is 18.9. The maximum absolute atomic E-state index is 13.2. The summed E-state index contributed by atoms with van der Waals surface area (Å²) >= 11 is 0. The van der Waals surface area contributed by atoms with E-state index in [9.17, 15) is 9.90 Å². The molecule has 0 saturated carbocycles. The fourth-order valence-corrected chi connectivity index (χ4v) is 5.09. The van der Waals surface area contributed by atoms with Gasteiger partial charge >= 0.3 is 0 Å². The van der Waals surface area contributed by atoms with Gasteiger partial charge in [0.15, 0.2) is 5.78 Å². The smallest absolute Gasteiger partial charge is 0.178 e. The van der Waals surface area contributed by atoms with Crippen molar-refractivity contribution in [3.8, 4) is 11.8 Å². The van der Waals surface area contributed by atoms with Gasteiger partial charge in [0.05, 0.1) is 24.3 Å². The van der Waals surface area contributed by atoms with Gasteiger partial charge in [-0.25, -0.2) is 0 Å². The molecule has 0 amide bonds.